The van der Waals surface area contributed by atoms with Crippen molar-refractivity contribution in [2.24, 2.45) is 0 Å². The second-order valence-corrected chi connectivity index (χ2v) is 10.5. The molecule has 2 aromatic carbocycles. The quantitative estimate of drug-likeness (QED) is 0.577. The van der Waals surface area contributed by atoms with E-state index >= 15 is 0 Å². The molecule has 2 heterocycles. The zero-order valence-corrected chi connectivity index (χ0v) is 21.8. The zero-order valence-electron chi connectivity index (χ0n) is 21.8. The molecule has 184 valence electrons. The molecular formula is C29H39NO4. The maximum atomic E-state index is 13.4. The Morgan fingerprint density at radius 2 is 1.82 bits per heavy atom. The Labute approximate surface area is 204 Å². The third kappa shape index (κ3) is 4.60. The van der Waals surface area contributed by atoms with Crippen LogP contribution in [-0.2, 0) is 33.7 Å². The highest BCUT2D eigenvalue weighted by atomic mass is 16.6. The SMILES string of the molecule is CCOC(=O)C(OC(C)(C)C)c1c(C)c2c(c(C)c1-c1ccc3c(c1C)CCCO3)CNCC2. The predicted molar refractivity (Wildman–Crippen MR) is 136 cm³/mol. The summed E-state index contributed by atoms with van der Waals surface area (Å²) in [6, 6.07) is 4.25. The van der Waals surface area contributed by atoms with Gasteiger partial charge in [0.1, 0.15) is 5.75 Å². The number of nitrogens with one attached hydrogen (secondary N) is 1. The molecule has 2 aliphatic rings. The van der Waals surface area contributed by atoms with Crippen LogP contribution >= 0.6 is 0 Å². The van der Waals surface area contributed by atoms with Crippen LogP contribution in [-0.4, -0.2) is 31.3 Å². The number of hydrogen-bond donors (Lipinski definition) is 1. The maximum absolute atomic E-state index is 13.4. The van der Waals surface area contributed by atoms with Crippen molar-refractivity contribution < 1.29 is 19.0 Å². The second kappa shape index (κ2) is 9.71. The van der Waals surface area contributed by atoms with E-state index in [0.717, 1.165) is 67.0 Å². The molecule has 5 heteroatoms. The van der Waals surface area contributed by atoms with Crippen molar-refractivity contribution in [2.45, 2.75) is 86.0 Å². The van der Waals surface area contributed by atoms with Gasteiger partial charge in [0, 0.05) is 12.1 Å². The number of ether oxygens (including phenoxy) is 3. The topological polar surface area (TPSA) is 56.8 Å². The van der Waals surface area contributed by atoms with Gasteiger partial charge in [-0.3, -0.25) is 0 Å². The van der Waals surface area contributed by atoms with Gasteiger partial charge < -0.3 is 19.5 Å². The zero-order chi connectivity index (χ0) is 24.6. The number of hydrogen-bond acceptors (Lipinski definition) is 5. The minimum absolute atomic E-state index is 0.320. The number of benzene rings is 2. The fraction of sp³-hybridized carbons (Fsp3) is 0.552. The molecule has 0 saturated carbocycles. The summed E-state index contributed by atoms with van der Waals surface area (Å²) in [6.07, 6.45) is 2.18. The lowest BCUT2D eigenvalue weighted by Gasteiger charge is -2.33. The summed E-state index contributed by atoms with van der Waals surface area (Å²) in [7, 11) is 0. The summed E-state index contributed by atoms with van der Waals surface area (Å²) in [5.41, 5.74) is 10.2. The lowest BCUT2D eigenvalue weighted by molar-refractivity contribution is -0.166. The van der Waals surface area contributed by atoms with Crippen molar-refractivity contribution in [3.05, 3.63) is 51.1 Å². The first-order valence-electron chi connectivity index (χ1n) is 12.6. The summed E-state index contributed by atoms with van der Waals surface area (Å²) >= 11 is 0. The molecule has 0 bridgehead atoms. The van der Waals surface area contributed by atoms with Crippen molar-refractivity contribution in [3.63, 3.8) is 0 Å². The van der Waals surface area contributed by atoms with Gasteiger partial charge in [-0.1, -0.05) is 6.07 Å². The van der Waals surface area contributed by atoms with Crippen LogP contribution in [0.3, 0.4) is 0 Å². The largest absolute Gasteiger partial charge is 0.493 e. The lowest BCUT2D eigenvalue weighted by atomic mass is 9.79. The molecule has 1 N–H and O–H groups in total. The van der Waals surface area contributed by atoms with Crippen LogP contribution in [0.2, 0.25) is 0 Å². The lowest BCUT2D eigenvalue weighted by Crippen LogP contribution is -2.32. The van der Waals surface area contributed by atoms with E-state index < -0.39 is 11.7 Å². The van der Waals surface area contributed by atoms with Gasteiger partial charge in [0.25, 0.3) is 0 Å². The third-order valence-electron chi connectivity index (χ3n) is 7.06. The molecule has 0 fully saturated rings. The van der Waals surface area contributed by atoms with Crippen LogP contribution in [0, 0.1) is 20.8 Å². The molecule has 1 unspecified atom stereocenters. The number of fused-ring (bicyclic) bond motifs is 2. The van der Waals surface area contributed by atoms with E-state index in [9.17, 15) is 4.79 Å². The molecule has 4 rings (SSSR count). The first-order chi connectivity index (χ1) is 16.1. The van der Waals surface area contributed by atoms with Crippen LogP contribution in [0.5, 0.6) is 5.75 Å². The summed E-state index contributed by atoms with van der Waals surface area (Å²) < 4.78 is 18.0. The van der Waals surface area contributed by atoms with Crippen LogP contribution < -0.4 is 10.1 Å². The third-order valence-corrected chi connectivity index (χ3v) is 7.06. The summed E-state index contributed by atoms with van der Waals surface area (Å²) in [6.45, 7) is 17.2. The first-order valence-corrected chi connectivity index (χ1v) is 12.6. The van der Waals surface area contributed by atoms with Gasteiger partial charge in [0.05, 0.1) is 18.8 Å². The van der Waals surface area contributed by atoms with E-state index in [1.165, 1.54) is 27.8 Å². The highest BCUT2D eigenvalue weighted by Gasteiger charge is 2.35. The van der Waals surface area contributed by atoms with Crippen molar-refractivity contribution in [3.8, 4) is 16.9 Å². The van der Waals surface area contributed by atoms with Crippen molar-refractivity contribution in [1.29, 1.82) is 0 Å². The number of carbonyl (C=O) groups is 1. The molecule has 5 nitrogen and oxygen atoms in total. The molecule has 0 spiro atoms. The van der Waals surface area contributed by atoms with Gasteiger partial charge >= 0.3 is 5.97 Å². The molecule has 2 aliphatic heterocycles. The molecule has 2 aromatic rings. The Hall–Kier alpha value is -2.37. The molecule has 0 aliphatic carbocycles. The van der Waals surface area contributed by atoms with Crippen LogP contribution in [0.4, 0.5) is 0 Å². The van der Waals surface area contributed by atoms with E-state index in [2.05, 4.69) is 38.2 Å². The van der Waals surface area contributed by atoms with Crippen LogP contribution in [0.15, 0.2) is 12.1 Å². The Morgan fingerprint density at radius 3 is 2.53 bits per heavy atom. The average molecular weight is 466 g/mol. The van der Waals surface area contributed by atoms with Crippen molar-refractivity contribution >= 4 is 5.97 Å². The van der Waals surface area contributed by atoms with Crippen LogP contribution in [0.25, 0.3) is 11.1 Å². The average Bonchev–Trinajstić information content (AvgIpc) is 2.80. The van der Waals surface area contributed by atoms with Crippen molar-refractivity contribution in [1.82, 2.24) is 5.32 Å². The molecule has 0 radical (unpaired) electrons. The Morgan fingerprint density at radius 1 is 1.06 bits per heavy atom. The highest BCUT2D eigenvalue weighted by molar-refractivity contribution is 5.86. The summed E-state index contributed by atoms with van der Waals surface area (Å²) in [5, 5.41) is 3.54. The smallest absolute Gasteiger partial charge is 0.339 e. The minimum atomic E-state index is -0.791. The van der Waals surface area contributed by atoms with E-state index in [-0.39, 0.29) is 5.97 Å². The summed E-state index contributed by atoms with van der Waals surface area (Å²) in [5.74, 6) is 0.657. The normalized spacial score (nSPS) is 16.3. The highest BCUT2D eigenvalue weighted by Crippen LogP contribution is 2.45. The minimum Gasteiger partial charge on any atom is -0.493 e. The van der Waals surface area contributed by atoms with E-state index in [4.69, 9.17) is 14.2 Å². The standard InChI is InChI=1S/C29H39NO4/c1-8-32-28(31)27(34-29(5,6)7)26-18(3)20-13-14-30-16-23(20)19(4)25(26)22-11-12-24-21(17(22)2)10-9-15-33-24/h11-12,27,30H,8-10,13-16H2,1-7H3. The van der Waals surface area contributed by atoms with Gasteiger partial charge in [-0.25, -0.2) is 4.79 Å². The number of esters is 1. The maximum Gasteiger partial charge on any atom is 0.339 e. The number of carbonyl (C=O) groups excluding carboxylic acids is 1. The molecule has 34 heavy (non-hydrogen) atoms. The van der Waals surface area contributed by atoms with Gasteiger partial charge in [-0.2, -0.15) is 0 Å². The van der Waals surface area contributed by atoms with E-state index in [0.29, 0.717) is 6.61 Å². The molecule has 0 amide bonds. The van der Waals surface area contributed by atoms with E-state index in [1.54, 1.807) is 0 Å². The molecule has 0 saturated heterocycles. The second-order valence-electron chi connectivity index (χ2n) is 10.5. The molecule has 1 atom stereocenters. The fourth-order valence-corrected chi connectivity index (χ4v) is 5.51. The first kappa shape index (κ1) is 24.7. The number of rotatable bonds is 5. The van der Waals surface area contributed by atoms with Gasteiger partial charge in [-0.05, 0) is 125 Å². The fourth-order valence-electron chi connectivity index (χ4n) is 5.51. The Kier molecular flexibility index (Phi) is 7.07. The van der Waals surface area contributed by atoms with Gasteiger partial charge in [0.2, 0.25) is 0 Å². The van der Waals surface area contributed by atoms with E-state index in [1.807, 2.05) is 27.7 Å². The van der Waals surface area contributed by atoms with Crippen LogP contribution in [0.1, 0.15) is 79.2 Å². The van der Waals surface area contributed by atoms with Gasteiger partial charge in [0.15, 0.2) is 6.10 Å². The predicted octanol–water partition coefficient (Wildman–Crippen LogP) is 5.67. The van der Waals surface area contributed by atoms with Gasteiger partial charge in [-0.15, -0.1) is 0 Å². The Bertz CT molecular complexity index is 1100. The van der Waals surface area contributed by atoms with Crippen molar-refractivity contribution in [2.75, 3.05) is 19.8 Å². The monoisotopic (exact) mass is 465 g/mol. The molecular weight excluding hydrogens is 426 g/mol. The Balaban J connectivity index is 2.03. The summed E-state index contributed by atoms with van der Waals surface area (Å²) in [4.78, 5) is 13.4. The molecule has 0 aromatic heterocycles.